The summed E-state index contributed by atoms with van der Waals surface area (Å²) in [4.78, 5) is 40.7. The van der Waals surface area contributed by atoms with Gasteiger partial charge in [-0.25, -0.2) is 9.59 Å². The van der Waals surface area contributed by atoms with E-state index in [1.807, 2.05) is 20.8 Å². The number of hydrogen-bond acceptors (Lipinski definition) is 7. The maximum absolute atomic E-state index is 12.5. The van der Waals surface area contributed by atoms with Gasteiger partial charge in [0, 0.05) is 5.69 Å². The Kier molecular flexibility index (Phi) is 7.58. The molecule has 0 saturated heterocycles. The number of amides is 2. The summed E-state index contributed by atoms with van der Waals surface area (Å²) in [6.07, 6.45) is -0.246. The molecule has 2 rings (SSSR count). The number of anilines is 1. The summed E-state index contributed by atoms with van der Waals surface area (Å²) in [6, 6.07) is 2.43. The van der Waals surface area contributed by atoms with Gasteiger partial charge in [-0.05, 0) is 43.9 Å². The van der Waals surface area contributed by atoms with Crippen molar-refractivity contribution in [2.75, 3.05) is 18.5 Å². The van der Waals surface area contributed by atoms with E-state index in [9.17, 15) is 14.4 Å². The van der Waals surface area contributed by atoms with Crippen molar-refractivity contribution < 1.29 is 23.5 Å². The normalized spacial score (nSPS) is 11.9. The molecule has 1 heterocycles. The molecule has 2 aromatic rings. The molecule has 1 aromatic heterocycles. The van der Waals surface area contributed by atoms with Crippen molar-refractivity contribution in [3.05, 3.63) is 28.1 Å². The second kappa shape index (κ2) is 9.90. The van der Waals surface area contributed by atoms with Crippen molar-refractivity contribution in [1.82, 2.24) is 10.3 Å². The number of nitrogens with zero attached hydrogens (tertiary/aromatic N) is 1. The van der Waals surface area contributed by atoms with Crippen LogP contribution in [0.5, 0.6) is 6.08 Å². The minimum absolute atomic E-state index is 0.126. The summed E-state index contributed by atoms with van der Waals surface area (Å²) in [5.41, 5.74) is 0.940. The molecule has 0 unspecified atom stereocenters. The maximum atomic E-state index is 12.5. The zero-order valence-corrected chi connectivity index (χ0v) is 17.3. The van der Waals surface area contributed by atoms with E-state index in [0.29, 0.717) is 35.2 Å². The average molecular weight is 405 g/mol. The molecule has 2 amide bonds. The first-order chi connectivity index (χ1) is 13.7. The van der Waals surface area contributed by atoms with Crippen LogP contribution in [-0.2, 0) is 16.0 Å². The van der Waals surface area contributed by atoms with Gasteiger partial charge in [0.2, 0.25) is 5.91 Å². The van der Waals surface area contributed by atoms with Crippen LogP contribution in [0.2, 0.25) is 0 Å². The first-order valence-electron chi connectivity index (χ1n) is 9.59. The molecule has 0 radical (unpaired) electrons. The molecule has 1 aromatic carbocycles. The number of alkyl carbamates (subject to hydrolysis) is 1. The molecular formula is C20H27N3O6. The number of fused-ring (bicyclic) bond motifs is 1. The Morgan fingerprint density at radius 2 is 1.93 bits per heavy atom. The van der Waals surface area contributed by atoms with E-state index in [4.69, 9.17) is 13.9 Å². The molecule has 158 valence electrons. The highest BCUT2D eigenvalue weighted by molar-refractivity contribution is 5.98. The first-order valence-corrected chi connectivity index (χ1v) is 9.59. The van der Waals surface area contributed by atoms with E-state index in [-0.39, 0.29) is 18.6 Å². The molecule has 0 spiro atoms. The van der Waals surface area contributed by atoms with Crippen LogP contribution in [0.25, 0.3) is 10.9 Å². The largest absolute Gasteiger partial charge is 0.450 e. The summed E-state index contributed by atoms with van der Waals surface area (Å²) >= 11 is 0. The van der Waals surface area contributed by atoms with Crippen LogP contribution < -0.4 is 21.0 Å². The van der Waals surface area contributed by atoms with Crippen LogP contribution in [-0.4, -0.2) is 36.2 Å². The van der Waals surface area contributed by atoms with Gasteiger partial charge in [-0.2, -0.15) is 4.98 Å². The molecule has 1 atom stereocenters. The molecule has 0 aliphatic rings. The minimum Gasteiger partial charge on any atom is -0.450 e. The van der Waals surface area contributed by atoms with Gasteiger partial charge >= 0.3 is 17.8 Å². The summed E-state index contributed by atoms with van der Waals surface area (Å²) in [5.74, 6) is -0.234. The lowest BCUT2D eigenvalue weighted by atomic mass is 10.1. The van der Waals surface area contributed by atoms with Crippen molar-refractivity contribution in [3.63, 3.8) is 0 Å². The highest BCUT2D eigenvalue weighted by Crippen LogP contribution is 2.23. The summed E-state index contributed by atoms with van der Waals surface area (Å²) in [6.45, 7) is 9.58. The standard InChI is InChI=1S/C20H27N3O6/c1-6-13-8-14(9-15-16(13)18(25)29-20(23-15)27-7-2)22-17(24)12(5)21-19(26)28-10-11(3)4/h8-9,11-12H,6-7,10H2,1-5H3,(H,21,26)(H,22,24)/t12-/m0/s1. The number of carbonyl (C=O) groups is 2. The Labute approximate surface area is 168 Å². The van der Waals surface area contributed by atoms with Crippen LogP contribution in [0.3, 0.4) is 0 Å². The predicted molar refractivity (Wildman–Crippen MR) is 108 cm³/mol. The number of aromatic nitrogens is 1. The van der Waals surface area contributed by atoms with E-state index < -0.39 is 23.7 Å². The minimum atomic E-state index is -0.816. The second-order valence-electron chi connectivity index (χ2n) is 6.93. The van der Waals surface area contributed by atoms with Crippen LogP contribution in [0.4, 0.5) is 10.5 Å². The number of carbonyl (C=O) groups excluding carboxylic acids is 2. The molecular weight excluding hydrogens is 378 g/mol. The highest BCUT2D eigenvalue weighted by atomic mass is 16.6. The molecule has 9 nitrogen and oxygen atoms in total. The topological polar surface area (TPSA) is 120 Å². The van der Waals surface area contributed by atoms with Crippen LogP contribution in [0, 0.1) is 5.92 Å². The molecule has 29 heavy (non-hydrogen) atoms. The predicted octanol–water partition coefficient (Wildman–Crippen LogP) is 2.86. The van der Waals surface area contributed by atoms with Crippen LogP contribution in [0.1, 0.15) is 40.2 Å². The van der Waals surface area contributed by atoms with Gasteiger partial charge in [-0.3, -0.25) is 4.79 Å². The van der Waals surface area contributed by atoms with E-state index in [2.05, 4.69) is 15.6 Å². The SMILES string of the molecule is CCOc1nc2cc(NC(=O)[C@H](C)NC(=O)OCC(C)C)cc(CC)c2c(=O)o1. The smallest absolute Gasteiger partial charge is 0.407 e. The van der Waals surface area contributed by atoms with Crippen LogP contribution >= 0.6 is 0 Å². The Hall–Kier alpha value is -3.10. The van der Waals surface area contributed by atoms with Gasteiger partial charge in [0.05, 0.1) is 24.1 Å². The molecule has 0 aliphatic carbocycles. The number of hydrogen-bond donors (Lipinski definition) is 2. The van der Waals surface area contributed by atoms with Crippen molar-refractivity contribution in [2.24, 2.45) is 5.92 Å². The Bertz CT molecular complexity index is 938. The van der Waals surface area contributed by atoms with Gasteiger partial charge < -0.3 is 24.5 Å². The number of ether oxygens (including phenoxy) is 2. The van der Waals surface area contributed by atoms with Crippen molar-refractivity contribution in [1.29, 1.82) is 0 Å². The molecule has 0 fully saturated rings. The van der Waals surface area contributed by atoms with Gasteiger partial charge in [-0.1, -0.05) is 20.8 Å². The lowest BCUT2D eigenvalue weighted by molar-refractivity contribution is -0.117. The monoisotopic (exact) mass is 405 g/mol. The van der Waals surface area contributed by atoms with E-state index in [1.54, 1.807) is 26.0 Å². The van der Waals surface area contributed by atoms with Gasteiger partial charge in [-0.15, -0.1) is 0 Å². The van der Waals surface area contributed by atoms with Gasteiger partial charge in [0.15, 0.2) is 0 Å². The quantitative estimate of drug-likeness (QED) is 0.693. The van der Waals surface area contributed by atoms with Crippen LogP contribution in [0.15, 0.2) is 21.3 Å². The first kappa shape index (κ1) is 22.2. The maximum Gasteiger partial charge on any atom is 0.407 e. The molecule has 0 aliphatic heterocycles. The fourth-order valence-corrected chi connectivity index (χ4v) is 2.57. The fourth-order valence-electron chi connectivity index (χ4n) is 2.57. The lowest BCUT2D eigenvalue weighted by Gasteiger charge is -2.16. The zero-order chi connectivity index (χ0) is 21.6. The number of rotatable bonds is 8. The van der Waals surface area contributed by atoms with E-state index >= 15 is 0 Å². The van der Waals surface area contributed by atoms with E-state index in [1.165, 1.54) is 0 Å². The molecule has 0 saturated carbocycles. The molecule has 9 heteroatoms. The van der Waals surface area contributed by atoms with Crippen molar-refractivity contribution in [3.8, 4) is 6.08 Å². The molecule has 0 bridgehead atoms. The van der Waals surface area contributed by atoms with Gasteiger partial charge in [0.25, 0.3) is 0 Å². The third-order valence-corrected chi connectivity index (χ3v) is 3.99. The Morgan fingerprint density at radius 3 is 2.55 bits per heavy atom. The van der Waals surface area contributed by atoms with E-state index in [0.717, 1.165) is 0 Å². The Morgan fingerprint density at radius 1 is 1.21 bits per heavy atom. The number of aryl methyl sites for hydroxylation is 1. The fraction of sp³-hybridized carbons (Fsp3) is 0.500. The zero-order valence-electron chi connectivity index (χ0n) is 17.3. The average Bonchev–Trinajstić information content (AvgIpc) is 2.65. The summed E-state index contributed by atoms with van der Waals surface area (Å²) in [5, 5.41) is 5.55. The third kappa shape index (κ3) is 5.94. The summed E-state index contributed by atoms with van der Waals surface area (Å²) in [7, 11) is 0. The number of nitrogens with one attached hydrogen (secondary N) is 2. The highest BCUT2D eigenvalue weighted by Gasteiger charge is 2.18. The summed E-state index contributed by atoms with van der Waals surface area (Å²) < 4.78 is 15.3. The second-order valence-corrected chi connectivity index (χ2v) is 6.93. The lowest BCUT2D eigenvalue weighted by Crippen LogP contribution is -2.42. The van der Waals surface area contributed by atoms with Crippen molar-refractivity contribution in [2.45, 2.75) is 47.1 Å². The Balaban J connectivity index is 2.21. The molecule has 2 N–H and O–H groups in total. The third-order valence-electron chi connectivity index (χ3n) is 3.99. The number of benzene rings is 1. The van der Waals surface area contributed by atoms with Gasteiger partial charge in [0.1, 0.15) is 6.04 Å². The van der Waals surface area contributed by atoms with Crippen molar-refractivity contribution >= 4 is 28.6 Å².